The number of nitrogens with one attached hydrogen (secondary N) is 3. The molecule has 2 aliphatic rings. The zero-order valence-electron chi connectivity index (χ0n) is 17.9. The number of hydrogen-bond donors (Lipinski definition) is 3. The minimum atomic E-state index is -4.68. The van der Waals surface area contributed by atoms with Gasteiger partial charge in [-0.3, -0.25) is 15.0 Å². The van der Waals surface area contributed by atoms with Crippen molar-refractivity contribution in [2.75, 3.05) is 57.3 Å². The van der Waals surface area contributed by atoms with E-state index < -0.39 is 24.1 Å². The molecule has 3 heterocycles. The molecule has 1 aromatic rings. The SMILES string of the molecule is N#Cc1ccc(N2CCN(C(=O)CCNCCOC3CNNC(=O)C3C(F)(F)F)CC2)nc1. The number of nitrogens with zero attached hydrogens (tertiary/aromatic N) is 4. The van der Waals surface area contributed by atoms with E-state index in [1.54, 1.807) is 17.0 Å². The molecule has 2 unspecified atom stereocenters. The minimum absolute atomic E-state index is 0.0128. The maximum Gasteiger partial charge on any atom is 0.403 e. The highest BCUT2D eigenvalue weighted by atomic mass is 19.4. The predicted octanol–water partition coefficient (Wildman–Crippen LogP) is -0.220. The van der Waals surface area contributed by atoms with Crippen LogP contribution < -0.4 is 21.1 Å². The average molecular weight is 469 g/mol. The van der Waals surface area contributed by atoms with E-state index in [0.29, 0.717) is 38.3 Å². The van der Waals surface area contributed by atoms with Crippen LogP contribution in [0.2, 0.25) is 0 Å². The molecule has 0 aliphatic carbocycles. The van der Waals surface area contributed by atoms with E-state index in [1.165, 1.54) is 6.20 Å². The number of pyridine rings is 1. The largest absolute Gasteiger partial charge is 0.403 e. The average Bonchev–Trinajstić information content (AvgIpc) is 2.80. The molecule has 0 bridgehead atoms. The highest BCUT2D eigenvalue weighted by molar-refractivity contribution is 5.80. The van der Waals surface area contributed by atoms with Crippen LogP contribution in [0.3, 0.4) is 0 Å². The third-order valence-corrected chi connectivity index (χ3v) is 5.48. The van der Waals surface area contributed by atoms with Crippen molar-refractivity contribution in [1.29, 1.82) is 5.26 Å². The number of carbonyl (C=O) groups is 2. The molecule has 10 nitrogen and oxygen atoms in total. The van der Waals surface area contributed by atoms with E-state index in [0.717, 1.165) is 5.82 Å². The quantitative estimate of drug-likeness (QED) is 0.447. The Hall–Kier alpha value is -2.95. The third kappa shape index (κ3) is 6.77. The number of rotatable bonds is 8. The first-order valence-corrected chi connectivity index (χ1v) is 10.6. The van der Waals surface area contributed by atoms with E-state index in [1.807, 2.05) is 11.5 Å². The number of ether oxygens (including phenoxy) is 1. The molecule has 2 amide bonds. The van der Waals surface area contributed by atoms with Crippen molar-refractivity contribution in [2.24, 2.45) is 5.92 Å². The van der Waals surface area contributed by atoms with Gasteiger partial charge in [-0.15, -0.1) is 0 Å². The smallest absolute Gasteiger partial charge is 0.374 e. The molecule has 2 atom stereocenters. The maximum atomic E-state index is 13.0. The van der Waals surface area contributed by atoms with Gasteiger partial charge in [-0.05, 0) is 12.1 Å². The lowest BCUT2D eigenvalue weighted by molar-refractivity contribution is -0.212. The molecule has 180 valence electrons. The lowest BCUT2D eigenvalue weighted by Crippen LogP contribution is -2.60. The van der Waals surface area contributed by atoms with E-state index in [2.05, 4.69) is 20.6 Å². The summed E-state index contributed by atoms with van der Waals surface area (Å²) in [6.45, 7) is 2.85. The molecular formula is C20H26F3N7O3. The fourth-order valence-electron chi connectivity index (χ4n) is 3.70. The van der Waals surface area contributed by atoms with Gasteiger partial charge in [0.05, 0.1) is 18.3 Å². The van der Waals surface area contributed by atoms with Gasteiger partial charge in [0.2, 0.25) is 11.8 Å². The first kappa shape index (κ1) is 24.7. The summed E-state index contributed by atoms with van der Waals surface area (Å²) in [6.07, 6.45) is -4.21. The highest BCUT2D eigenvalue weighted by Gasteiger charge is 2.51. The van der Waals surface area contributed by atoms with E-state index in [9.17, 15) is 22.8 Å². The second kappa shape index (κ2) is 11.3. The maximum absolute atomic E-state index is 13.0. The summed E-state index contributed by atoms with van der Waals surface area (Å²) < 4.78 is 44.4. The van der Waals surface area contributed by atoms with E-state index >= 15 is 0 Å². The van der Waals surface area contributed by atoms with Gasteiger partial charge in [0.15, 0.2) is 5.92 Å². The van der Waals surface area contributed by atoms with Gasteiger partial charge < -0.3 is 19.9 Å². The van der Waals surface area contributed by atoms with Crippen LogP contribution in [-0.4, -0.2) is 86.4 Å². The van der Waals surface area contributed by atoms with E-state index in [4.69, 9.17) is 10.00 Å². The number of aromatic nitrogens is 1. The van der Waals surface area contributed by atoms with Gasteiger partial charge in [-0.1, -0.05) is 0 Å². The number of hydrazine groups is 1. The predicted molar refractivity (Wildman–Crippen MR) is 111 cm³/mol. The molecule has 2 fully saturated rings. The van der Waals surface area contributed by atoms with Gasteiger partial charge in [-0.2, -0.15) is 18.4 Å². The Morgan fingerprint density at radius 3 is 2.67 bits per heavy atom. The van der Waals surface area contributed by atoms with Crippen LogP contribution in [0.25, 0.3) is 0 Å². The number of halogens is 3. The normalized spacial score (nSPS) is 21.5. The molecule has 0 spiro atoms. The van der Waals surface area contributed by atoms with Crippen molar-refractivity contribution < 1.29 is 27.5 Å². The topological polar surface area (TPSA) is 123 Å². The number of hydrogen-bond acceptors (Lipinski definition) is 8. The molecule has 2 saturated heterocycles. The Morgan fingerprint density at radius 2 is 2.03 bits per heavy atom. The molecule has 0 radical (unpaired) electrons. The molecule has 1 aromatic heterocycles. The Labute approximate surface area is 189 Å². The second-order valence-corrected chi connectivity index (χ2v) is 7.68. The number of amides is 2. The molecule has 0 saturated carbocycles. The number of piperazine rings is 1. The zero-order chi connectivity index (χ0) is 23.8. The van der Waals surface area contributed by atoms with Gasteiger partial charge >= 0.3 is 6.18 Å². The molecule has 3 N–H and O–H groups in total. The van der Waals surface area contributed by atoms with Gasteiger partial charge in [0.25, 0.3) is 0 Å². The van der Waals surface area contributed by atoms with Crippen LogP contribution in [0, 0.1) is 17.2 Å². The fraction of sp³-hybridized carbons (Fsp3) is 0.600. The standard InChI is InChI=1S/C20H26F3N7O3/c21-20(22,23)18-15(13-27-28-19(18)32)33-10-5-25-4-3-17(31)30-8-6-29(7-9-30)16-2-1-14(11-24)12-26-16/h1-2,12,15,18,25,27H,3-10,13H2,(H,28,32). The van der Waals surface area contributed by atoms with Crippen molar-refractivity contribution >= 4 is 17.6 Å². The Kier molecular flexibility index (Phi) is 8.43. The second-order valence-electron chi connectivity index (χ2n) is 7.68. The molecular weight excluding hydrogens is 443 g/mol. The van der Waals surface area contributed by atoms with Crippen LogP contribution in [0.15, 0.2) is 18.3 Å². The first-order chi connectivity index (χ1) is 15.8. The summed E-state index contributed by atoms with van der Waals surface area (Å²) in [4.78, 5) is 32.0. The lowest BCUT2D eigenvalue weighted by Gasteiger charge is -2.35. The van der Waals surface area contributed by atoms with Crippen LogP contribution in [0.5, 0.6) is 0 Å². The summed E-state index contributed by atoms with van der Waals surface area (Å²) in [5.41, 5.74) is 4.86. The Morgan fingerprint density at radius 1 is 1.27 bits per heavy atom. The third-order valence-electron chi connectivity index (χ3n) is 5.48. The van der Waals surface area contributed by atoms with Crippen LogP contribution >= 0.6 is 0 Å². The monoisotopic (exact) mass is 469 g/mol. The number of alkyl halides is 3. The molecule has 3 rings (SSSR count). The Bertz CT molecular complexity index is 852. The summed E-state index contributed by atoms with van der Waals surface area (Å²) >= 11 is 0. The van der Waals surface area contributed by atoms with E-state index in [-0.39, 0.29) is 32.0 Å². The van der Waals surface area contributed by atoms with Crippen LogP contribution in [0.4, 0.5) is 19.0 Å². The molecule has 13 heteroatoms. The van der Waals surface area contributed by atoms with Gasteiger partial charge in [0.1, 0.15) is 11.9 Å². The minimum Gasteiger partial charge on any atom is -0.374 e. The summed E-state index contributed by atoms with van der Waals surface area (Å²) in [5, 5.41) is 11.8. The van der Waals surface area contributed by atoms with Crippen molar-refractivity contribution in [3.8, 4) is 6.07 Å². The number of carbonyl (C=O) groups excluding carboxylic acids is 2. The molecule has 2 aliphatic heterocycles. The zero-order valence-corrected chi connectivity index (χ0v) is 17.9. The van der Waals surface area contributed by atoms with Gasteiger partial charge in [0, 0.05) is 58.4 Å². The fourth-order valence-corrected chi connectivity index (χ4v) is 3.70. The summed E-state index contributed by atoms with van der Waals surface area (Å²) in [7, 11) is 0. The summed E-state index contributed by atoms with van der Waals surface area (Å²) in [6, 6.07) is 5.52. The lowest BCUT2D eigenvalue weighted by atomic mass is 9.99. The molecule has 0 aromatic carbocycles. The van der Waals surface area contributed by atoms with Crippen molar-refractivity contribution in [3.63, 3.8) is 0 Å². The highest BCUT2D eigenvalue weighted by Crippen LogP contribution is 2.31. The summed E-state index contributed by atoms with van der Waals surface area (Å²) in [5.74, 6) is -2.62. The van der Waals surface area contributed by atoms with Crippen LogP contribution in [0.1, 0.15) is 12.0 Å². The van der Waals surface area contributed by atoms with Crippen molar-refractivity contribution in [2.45, 2.75) is 18.7 Å². The van der Waals surface area contributed by atoms with Crippen LogP contribution in [-0.2, 0) is 14.3 Å². The Balaban J connectivity index is 1.31. The molecule has 33 heavy (non-hydrogen) atoms. The van der Waals surface area contributed by atoms with Crippen molar-refractivity contribution in [3.05, 3.63) is 23.9 Å². The number of anilines is 1. The first-order valence-electron chi connectivity index (χ1n) is 10.6. The van der Waals surface area contributed by atoms with Gasteiger partial charge in [-0.25, -0.2) is 10.4 Å². The number of nitriles is 1. The van der Waals surface area contributed by atoms with Crippen molar-refractivity contribution in [1.82, 2.24) is 26.1 Å².